The SMILES string of the molecule is Cc1ccc(C)c(C(=O)Nc2nc3ccc(N)cc3s2)c1. The van der Waals surface area contributed by atoms with Crippen LogP contribution in [0.2, 0.25) is 0 Å². The van der Waals surface area contributed by atoms with Crippen LogP contribution in [0.25, 0.3) is 10.2 Å². The number of anilines is 2. The average Bonchev–Trinajstić information content (AvgIpc) is 2.82. The van der Waals surface area contributed by atoms with Gasteiger partial charge in [-0.1, -0.05) is 29.0 Å². The Kier molecular flexibility index (Phi) is 3.35. The van der Waals surface area contributed by atoms with Crippen LogP contribution < -0.4 is 11.1 Å². The number of amides is 1. The van der Waals surface area contributed by atoms with Crippen LogP contribution in [0.15, 0.2) is 36.4 Å². The third-order valence-corrected chi connectivity index (χ3v) is 4.20. The molecule has 4 nitrogen and oxygen atoms in total. The van der Waals surface area contributed by atoms with Crippen molar-refractivity contribution in [2.75, 3.05) is 11.1 Å². The Morgan fingerprint density at radius 3 is 2.81 bits per heavy atom. The number of carbonyl (C=O) groups is 1. The molecule has 3 aromatic rings. The van der Waals surface area contributed by atoms with Crippen molar-refractivity contribution < 1.29 is 4.79 Å². The third-order valence-electron chi connectivity index (χ3n) is 3.27. The number of rotatable bonds is 2. The summed E-state index contributed by atoms with van der Waals surface area (Å²) in [6.07, 6.45) is 0. The first-order valence-corrected chi connectivity index (χ1v) is 7.39. The van der Waals surface area contributed by atoms with Crippen molar-refractivity contribution >= 4 is 38.3 Å². The lowest BCUT2D eigenvalue weighted by Gasteiger charge is -2.06. The molecule has 0 aliphatic carbocycles. The Balaban J connectivity index is 1.90. The highest BCUT2D eigenvalue weighted by Crippen LogP contribution is 2.28. The van der Waals surface area contributed by atoms with Crippen LogP contribution in [-0.4, -0.2) is 10.9 Å². The van der Waals surface area contributed by atoms with Crippen molar-refractivity contribution in [2.45, 2.75) is 13.8 Å². The van der Waals surface area contributed by atoms with E-state index in [0.717, 1.165) is 21.3 Å². The van der Waals surface area contributed by atoms with Crippen LogP contribution in [0, 0.1) is 13.8 Å². The summed E-state index contributed by atoms with van der Waals surface area (Å²) in [6.45, 7) is 3.89. The van der Waals surface area contributed by atoms with E-state index in [4.69, 9.17) is 5.73 Å². The summed E-state index contributed by atoms with van der Waals surface area (Å²) in [5, 5.41) is 3.45. The number of benzene rings is 2. The maximum atomic E-state index is 12.4. The largest absolute Gasteiger partial charge is 0.399 e. The number of hydrogen-bond donors (Lipinski definition) is 2. The number of carbonyl (C=O) groups excluding carboxylic acids is 1. The van der Waals surface area contributed by atoms with Gasteiger partial charge in [0.05, 0.1) is 10.2 Å². The highest BCUT2D eigenvalue weighted by molar-refractivity contribution is 7.22. The predicted octanol–water partition coefficient (Wildman–Crippen LogP) is 3.75. The summed E-state index contributed by atoms with van der Waals surface area (Å²) >= 11 is 1.42. The molecule has 21 heavy (non-hydrogen) atoms. The molecule has 5 heteroatoms. The number of aromatic nitrogens is 1. The topological polar surface area (TPSA) is 68.0 Å². The first-order valence-electron chi connectivity index (χ1n) is 6.57. The molecule has 1 aromatic heterocycles. The number of nitrogens with one attached hydrogen (secondary N) is 1. The second-order valence-corrected chi connectivity index (χ2v) is 6.05. The van der Waals surface area contributed by atoms with Crippen molar-refractivity contribution in [1.29, 1.82) is 0 Å². The number of nitrogens with zero attached hydrogens (tertiary/aromatic N) is 1. The lowest BCUT2D eigenvalue weighted by Crippen LogP contribution is -2.13. The van der Waals surface area contributed by atoms with Gasteiger partial charge < -0.3 is 5.73 Å². The standard InChI is InChI=1S/C16H15N3OS/c1-9-3-4-10(2)12(7-9)15(20)19-16-18-13-6-5-11(17)8-14(13)21-16/h3-8H,17H2,1-2H3,(H,18,19,20). The molecule has 0 radical (unpaired) electrons. The number of aryl methyl sites for hydroxylation is 2. The lowest BCUT2D eigenvalue weighted by molar-refractivity contribution is 0.102. The highest BCUT2D eigenvalue weighted by atomic mass is 32.1. The number of nitrogen functional groups attached to an aromatic ring is 1. The van der Waals surface area contributed by atoms with Crippen LogP contribution in [-0.2, 0) is 0 Å². The number of nitrogens with two attached hydrogens (primary N) is 1. The van der Waals surface area contributed by atoms with E-state index in [1.807, 2.05) is 44.2 Å². The fourth-order valence-electron chi connectivity index (χ4n) is 2.14. The molecule has 1 amide bonds. The molecule has 106 valence electrons. The van der Waals surface area contributed by atoms with Crippen molar-refractivity contribution in [1.82, 2.24) is 4.98 Å². The first kappa shape index (κ1) is 13.6. The summed E-state index contributed by atoms with van der Waals surface area (Å²) in [5.41, 5.74) is 9.97. The zero-order chi connectivity index (χ0) is 15.0. The number of fused-ring (bicyclic) bond motifs is 1. The normalized spacial score (nSPS) is 10.8. The lowest BCUT2D eigenvalue weighted by atomic mass is 10.1. The smallest absolute Gasteiger partial charge is 0.257 e. The second-order valence-electron chi connectivity index (χ2n) is 5.02. The molecule has 3 rings (SSSR count). The number of thiazole rings is 1. The minimum absolute atomic E-state index is 0.136. The molecule has 0 spiro atoms. The third kappa shape index (κ3) is 2.73. The van der Waals surface area contributed by atoms with E-state index in [-0.39, 0.29) is 5.91 Å². The van der Waals surface area contributed by atoms with Crippen LogP contribution in [0.5, 0.6) is 0 Å². The monoisotopic (exact) mass is 297 g/mol. The van der Waals surface area contributed by atoms with Gasteiger partial charge in [0, 0.05) is 11.3 Å². The summed E-state index contributed by atoms with van der Waals surface area (Å²) < 4.78 is 0.964. The molecule has 1 heterocycles. The van der Waals surface area contributed by atoms with Gasteiger partial charge >= 0.3 is 0 Å². The minimum atomic E-state index is -0.136. The minimum Gasteiger partial charge on any atom is -0.399 e. The van der Waals surface area contributed by atoms with Crippen molar-refractivity contribution in [2.24, 2.45) is 0 Å². The average molecular weight is 297 g/mol. The van der Waals surface area contributed by atoms with E-state index in [9.17, 15) is 4.79 Å². The van der Waals surface area contributed by atoms with Gasteiger partial charge in [0.1, 0.15) is 0 Å². The molecular formula is C16H15N3OS. The van der Waals surface area contributed by atoms with Gasteiger partial charge in [-0.25, -0.2) is 4.98 Å². The maximum Gasteiger partial charge on any atom is 0.257 e. The van der Waals surface area contributed by atoms with Gasteiger partial charge in [0.25, 0.3) is 5.91 Å². The maximum absolute atomic E-state index is 12.4. The van der Waals surface area contributed by atoms with Gasteiger partial charge in [-0.3, -0.25) is 10.1 Å². The molecule has 0 atom stereocenters. The molecule has 0 bridgehead atoms. The van der Waals surface area contributed by atoms with Crippen molar-refractivity contribution in [3.63, 3.8) is 0 Å². The van der Waals surface area contributed by atoms with Gasteiger partial charge in [-0.15, -0.1) is 0 Å². The van der Waals surface area contributed by atoms with Gasteiger partial charge in [-0.2, -0.15) is 0 Å². The van der Waals surface area contributed by atoms with E-state index in [1.54, 1.807) is 6.07 Å². The predicted molar refractivity (Wildman–Crippen MR) is 87.9 cm³/mol. The highest BCUT2D eigenvalue weighted by Gasteiger charge is 2.12. The molecular weight excluding hydrogens is 282 g/mol. The van der Waals surface area contributed by atoms with E-state index in [2.05, 4.69) is 10.3 Å². The molecule has 0 saturated heterocycles. The second kappa shape index (κ2) is 5.18. The Morgan fingerprint density at radius 1 is 1.19 bits per heavy atom. The Labute approximate surface area is 126 Å². The van der Waals surface area contributed by atoms with Gasteiger partial charge in [-0.05, 0) is 43.7 Å². The van der Waals surface area contributed by atoms with Crippen LogP contribution >= 0.6 is 11.3 Å². The molecule has 0 saturated carbocycles. The fraction of sp³-hybridized carbons (Fsp3) is 0.125. The van der Waals surface area contributed by atoms with Crippen molar-refractivity contribution in [3.8, 4) is 0 Å². The molecule has 0 aliphatic rings. The van der Waals surface area contributed by atoms with Gasteiger partial charge in [0.2, 0.25) is 0 Å². The zero-order valence-electron chi connectivity index (χ0n) is 11.8. The summed E-state index contributed by atoms with van der Waals surface area (Å²) in [5.74, 6) is -0.136. The molecule has 0 unspecified atom stereocenters. The van der Waals surface area contributed by atoms with Gasteiger partial charge in [0.15, 0.2) is 5.13 Å². The molecule has 2 aromatic carbocycles. The number of hydrogen-bond acceptors (Lipinski definition) is 4. The first-order chi connectivity index (χ1) is 10.0. The van der Waals surface area contributed by atoms with Crippen molar-refractivity contribution in [3.05, 3.63) is 53.1 Å². The van der Waals surface area contributed by atoms with Crippen LogP contribution in [0.3, 0.4) is 0 Å². The van der Waals surface area contributed by atoms with E-state index in [0.29, 0.717) is 16.4 Å². The van der Waals surface area contributed by atoms with Crippen LogP contribution in [0.1, 0.15) is 21.5 Å². The Bertz CT molecular complexity index is 839. The van der Waals surface area contributed by atoms with E-state index >= 15 is 0 Å². The molecule has 0 aliphatic heterocycles. The van der Waals surface area contributed by atoms with E-state index in [1.165, 1.54) is 11.3 Å². The summed E-state index contributed by atoms with van der Waals surface area (Å²) in [6, 6.07) is 11.3. The quantitative estimate of drug-likeness (QED) is 0.708. The zero-order valence-corrected chi connectivity index (χ0v) is 12.6. The summed E-state index contributed by atoms with van der Waals surface area (Å²) in [4.78, 5) is 16.8. The van der Waals surface area contributed by atoms with E-state index < -0.39 is 0 Å². The molecule has 0 fully saturated rings. The Hall–Kier alpha value is -2.40. The molecule has 3 N–H and O–H groups in total. The summed E-state index contributed by atoms with van der Waals surface area (Å²) in [7, 11) is 0. The van der Waals surface area contributed by atoms with Crippen LogP contribution in [0.4, 0.5) is 10.8 Å². The Morgan fingerprint density at radius 2 is 2.00 bits per heavy atom. The fourth-order valence-corrected chi connectivity index (χ4v) is 3.05.